The molecule has 0 saturated carbocycles. The van der Waals surface area contributed by atoms with Crippen molar-refractivity contribution in [1.29, 1.82) is 0 Å². The number of nitrogens with zero attached hydrogens (tertiary/aromatic N) is 1. The lowest BCUT2D eigenvalue weighted by atomic mass is 10.2. The highest BCUT2D eigenvalue weighted by molar-refractivity contribution is 4.81. The topological polar surface area (TPSA) is 12.5 Å². The van der Waals surface area contributed by atoms with E-state index < -0.39 is 18.5 Å². The maximum Gasteiger partial charge on any atom is 0.371 e. The van der Waals surface area contributed by atoms with Crippen LogP contribution in [0.1, 0.15) is 20.8 Å². The first-order chi connectivity index (χ1) is 5.72. The van der Waals surface area contributed by atoms with E-state index in [-0.39, 0.29) is 12.6 Å². The van der Waals surface area contributed by atoms with Crippen LogP contribution in [0.4, 0.5) is 13.2 Å². The molecule has 78 valence electrons. The van der Waals surface area contributed by atoms with Crippen LogP contribution in [0.3, 0.4) is 0 Å². The Morgan fingerprint density at radius 3 is 2.15 bits per heavy atom. The van der Waals surface area contributed by atoms with Crippen LogP contribution in [0, 0.1) is 0 Å². The van der Waals surface area contributed by atoms with Gasteiger partial charge >= 0.3 is 6.11 Å². The van der Waals surface area contributed by atoms with Gasteiger partial charge in [-0.25, -0.2) is 4.39 Å². The van der Waals surface area contributed by atoms with Gasteiger partial charge in [0, 0.05) is 6.04 Å². The molecule has 13 heavy (non-hydrogen) atoms. The average molecular weight is 197 g/mol. The van der Waals surface area contributed by atoms with Gasteiger partial charge in [0.15, 0.2) is 0 Å². The predicted octanol–water partition coefficient (Wildman–Crippen LogP) is 2.01. The molecule has 0 aliphatic carbocycles. The summed E-state index contributed by atoms with van der Waals surface area (Å²) < 4.78 is 42.8. The first-order valence-corrected chi connectivity index (χ1v) is 4.23. The van der Waals surface area contributed by atoms with Crippen LogP contribution < -0.4 is 0 Å². The van der Waals surface area contributed by atoms with Crippen molar-refractivity contribution in [3.8, 4) is 0 Å². The molecule has 1 saturated heterocycles. The van der Waals surface area contributed by atoms with Gasteiger partial charge in [-0.3, -0.25) is 9.64 Å². The number of hydrogen-bond donors (Lipinski definition) is 0. The van der Waals surface area contributed by atoms with Crippen molar-refractivity contribution >= 4 is 0 Å². The molecule has 1 unspecified atom stereocenters. The van der Waals surface area contributed by atoms with E-state index in [2.05, 4.69) is 4.74 Å². The number of ether oxygens (including phenoxy) is 1. The van der Waals surface area contributed by atoms with Crippen molar-refractivity contribution in [1.82, 2.24) is 4.90 Å². The summed E-state index contributed by atoms with van der Waals surface area (Å²) in [6, 6.07) is -0.107. The van der Waals surface area contributed by atoms with Gasteiger partial charge in [0.2, 0.25) is 5.85 Å². The zero-order chi connectivity index (χ0) is 10.3. The summed E-state index contributed by atoms with van der Waals surface area (Å²) in [4.78, 5) is 1.36. The van der Waals surface area contributed by atoms with E-state index in [0.717, 1.165) is 6.92 Å². The van der Waals surface area contributed by atoms with Crippen molar-refractivity contribution in [3.05, 3.63) is 0 Å². The molecule has 1 aliphatic heterocycles. The highest BCUT2D eigenvalue weighted by Crippen LogP contribution is 2.32. The van der Waals surface area contributed by atoms with E-state index in [9.17, 15) is 13.2 Å². The largest absolute Gasteiger partial charge is 0.371 e. The number of halogens is 3. The summed E-state index contributed by atoms with van der Waals surface area (Å²) in [7, 11) is 0. The molecule has 2 nitrogen and oxygen atoms in total. The van der Waals surface area contributed by atoms with E-state index in [1.165, 1.54) is 4.90 Å². The Hall–Kier alpha value is -0.290. The first kappa shape index (κ1) is 10.8. The summed E-state index contributed by atoms with van der Waals surface area (Å²) in [5.74, 6) is -2.26. The summed E-state index contributed by atoms with van der Waals surface area (Å²) >= 11 is 0. The standard InChI is InChI=1S/C8H14F3NO/c1-6(2)12-4-7(3,9)13-8(10,11)5-12/h6H,4-5H2,1-3H3. The van der Waals surface area contributed by atoms with Crippen molar-refractivity contribution in [2.24, 2.45) is 0 Å². The minimum absolute atomic E-state index is 0.107. The molecule has 1 atom stereocenters. The molecule has 0 N–H and O–H groups in total. The van der Waals surface area contributed by atoms with Gasteiger partial charge in [-0.1, -0.05) is 0 Å². The van der Waals surface area contributed by atoms with E-state index in [1.54, 1.807) is 13.8 Å². The molecule has 0 aromatic rings. The van der Waals surface area contributed by atoms with E-state index in [0.29, 0.717) is 0 Å². The molecular weight excluding hydrogens is 183 g/mol. The monoisotopic (exact) mass is 197 g/mol. The third-order valence-corrected chi connectivity index (χ3v) is 1.97. The second-order valence-corrected chi connectivity index (χ2v) is 3.84. The minimum Gasteiger partial charge on any atom is -0.287 e. The van der Waals surface area contributed by atoms with Gasteiger partial charge in [0.1, 0.15) is 0 Å². The lowest BCUT2D eigenvalue weighted by Gasteiger charge is -2.41. The molecule has 0 radical (unpaired) electrons. The average Bonchev–Trinajstić information content (AvgIpc) is 1.79. The van der Waals surface area contributed by atoms with Crippen molar-refractivity contribution < 1.29 is 17.9 Å². The lowest BCUT2D eigenvalue weighted by molar-refractivity contribution is -0.361. The smallest absolute Gasteiger partial charge is 0.287 e. The van der Waals surface area contributed by atoms with Gasteiger partial charge in [-0.05, 0) is 20.8 Å². The molecule has 5 heteroatoms. The molecule has 0 aromatic heterocycles. The Balaban J connectivity index is 2.72. The zero-order valence-corrected chi connectivity index (χ0v) is 7.98. The Morgan fingerprint density at radius 2 is 1.77 bits per heavy atom. The Morgan fingerprint density at radius 1 is 1.23 bits per heavy atom. The normalized spacial score (nSPS) is 35.3. The molecule has 0 spiro atoms. The van der Waals surface area contributed by atoms with Crippen LogP contribution in [-0.4, -0.2) is 36.0 Å². The third-order valence-electron chi connectivity index (χ3n) is 1.97. The summed E-state index contributed by atoms with van der Waals surface area (Å²) in [5.41, 5.74) is 0. The van der Waals surface area contributed by atoms with Crippen LogP contribution in [0.15, 0.2) is 0 Å². The molecule has 1 heterocycles. The van der Waals surface area contributed by atoms with Crippen molar-refractivity contribution in [2.45, 2.75) is 38.8 Å². The predicted molar refractivity (Wildman–Crippen MR) is 42.3 cm³/mol. The first-order valence-electron chi connectivity index (χ1n) is 4.23. The van der Waals surface area contributed by atoms with E-state index in [1.807, 2.05) is 0 Å². The summed E-state index contributed by atoms with van der Waals surface area (Å²) in [6.07, 6.45) is -3.38. The lowest BCUT2D eigenvalue weighted by Crippen LogP contribution is -2.57. The molecule has 1 rings (SSSR count). The van der Waals surface area contributed by atoms with Crippen LogP contribution >= 0.6 is 0 Å². The van der Waals surface area contributed by atoms with Gasteiger partial charge in [-0.2, -0.15) is 8.78 Å². The molecule has 0 bridgehead atoms. The molecule has 0 amide bonds. The maximum atomic E-state index is 13.2. The van der Waals surface area contributed by atoms with Crippen LogP contribution in [-0.2, 0) is 4.74 Å². The van der Waals surface area contributed by atoms with Crippen LogP contribution in [0.25, 0.3) is 0 Å². The zero-order valence-electron chi connectivity index (χ0n) is 7.98. The highest BCUT2D eigenvalue weighted by Gasteiger charge is 2.48. The van der Waals surface area contributed by atoms with Crippen molar-refractivity contribution in [3.63, 3.8) is 0 Å². The summed E-state index contributed by atoms with van der Waals surface area (Å²) in [6.45, 7) is 3.87. The van der Waals surface area contributed by atoms with Crippen LogP contribution in [0.2, 0.25) is 0 Å². The van der Waals surface area contributed by atoms with E-state index >= 15 is 0 Å². The van der Waals surface area contributed by atoms with Crippen LogP contribution in [0.5, 0.6) is 0 Å². The SMILES string of the molecule is CC(C)N1CC(C)(F)OC(F)(F)C1. The van der Waals surface area contributed by atoms with Gasteiger partial charge in [0.05, 0.1) is 13.1 Å². The molecule has 0 aromatic carbocycles. The fraction of sp³-hybridized carbons (Fsp3) is 1.00. The van der Waals surface area contributed by atoms with Gasteiger partial charge in [-0.15, -0.1) is 0 Å². The second-order valence-electron chi connectivity index (χ2n) is 3.84. The van der Waals surface area contributed by atoms with Gasteiger partial charge < -0.3 is 0 Å². The quantitative estimate of drug-likeness (QED) is 0.637. The number of rotatable bonds is 1. The molecule has 1 aliphatic rings. The number of morpholine rings is 1. The Kier molecular flexibility index (Phi) is 2.60. The fourth-order valence-electron chi connectivity index (χ4n) is 1.40. The molecular formula is C8H14F3NO. The highest BCUT2D eigenvalue weighted by atomic mass is 19.3. The Labute approximate surface area is 75.7 Å². The summed E-state index contributed by atoms with van der Waals surface area (Å²) in [5, 5.41) is 0. The fourth-order valence-corrected chi connectivity index (χ4v) is 1.40. The second kappa shape index (κ2) is 3.13. The van der Waals surface area contributed by atoms with Crippen molar-refractivity contribution in [2.75, 3.05) is 13.1 Å². The third kappa shape index (κ3) is 2.84. The van der Waals surface area contributed by atoms with Gasteiger partial charge in [0.25, 0.3) is 0 Å². The maximum absolute atomic E-state index is 13.2. The Bertz CT molecular complexity index is 178. The minimum atomic E-state index is -3.38. The van der Waals surface area contributed by atoms with E-state index in [4.69, 9.17) is 0 Å². The molecule has 1 fully saturated rings. The number of alkyl halides is 3. The number of hydrogen-bond acceptors (Lipinski definition) is 2.